The molecule has 0 amide bonds. The van der Waals surface area contributed by atoms with Crippen LogP contribution in [0.25, 0.3) is 0 Å². The van der Waals surface area contributed by atoms with Gasteiger partial charge in [-0.1, -0.05) is 19.9 Å². The van der Waals surface area contributed by atoms with Crippen molar-refractivity contribution in [1.82, 2.24) is 5.32 Å². The molecule has 1 fully saturated rings. The van der Waals surface area contributed by atoms with Gasteiger partial charge in [-0.3, -0.25) is 0 Å². The van der Waals surface area contributed by atoms with E-state index in [9.17, 15) is 0 Å². The normalized spacial score (nSPS) is 20.8. The monoisotopic (exact) mass is 363 g/mol. The first-order chi connectivity index (χ1) is 12.4. The van der Waals surface area contributed by atoms with Gasteiger partial charge in [0, 0.05) is 13.2 Å². The van der Waals surface area contributed by atoms with E-state index < -0.39 is 0 Å². The quantitative estimate of drug-likeness (QED) is 0.648. The van der Waals surface area contributed by atoms with Gasteiger partial charge in [0.2, 0.25) is 0 Å². The third-order valence-corrected chi connectivity index (χ3v) is 5.63. The van der Waals surface area contributed by atoms with Crippen molar-refractivity contribution < 1.29 is 14.2 Å². The highest BCUT2D eigenvalue weighted by Gasteiger charge is 2.34. The lowest BCUT2D eigenvalue weighted by Gasteiger charge is -2.40. The first-order valence-electron chi connectivity index (χ1n) is 9.92. The summed E-state index contributed by atoms with van der Waals surface area (Å²) in [6.07, 6.45) is 3.58. The fourth-order valence-corrected chi connectivity index (χ4v) is 4.25. The molecule has 4 heteroatoms. The van der Waals surface area contributed by atoms with Crippen molar-refractivity contribution in [2.45, 2.75) is 59.1 Å². The maximum Gasteiger partial charge on any atom is 0.161 e. The van der Waals surface area contributed by atoms with E-state index in [0.29, 0.717) is 5.92 Å². The van der Waals surface area contributed by atoms with Crippen LogP contribution in [0.2, 0.25) is 0 Å². The molecule has 1 saturated heterocycles. The Hall–Kier alpha value is -1.26. The largest absolute Gasteiger partial charge is 0.493 e. The van der Waals surface area contributed by atoms with Crippen molar-refractivity contribution in [2.24, 2.45) is 17.8 Å². The lowest BCUT2D eigenvalue weighted by molar-refractivity contribution is -0.0867. The predicted molar refractivity (Wildman–Crippen MR) is 107 cm³/mol. The third-order valence-electron chi connectivity index (χ3n) is 5.63. The highest BCUT2D eigenvalue weighted by Crippen LogP contribution is 2.37. The standard InChI is InChI=1S/C22H37NO3/c1-16(2)19(18-10-12-26-22(3,4)14-18)9-11-23-15-17-7-8-20(24-5)21(13-17)25-6/h7-8,13,16,18-19,23H,9-12,14-15H2,1-6H3/t18-,19-/m1/s1. The Morgan fingerprint density at radius 1 is 1.19 bits per heavy atom. The van der Waals surface area contributed by atoms with Crippen LogP contribution in [0.15, 0.2) is 18.2 Å². The summed E-state index contributed by atoms with van der Waals surface area (Å²) >= 11 is 0. The van der Waals surface area contributed by atoms with Gasteiger partial charge in [-0.2, -0.15) is 0 Å². The van der Waals surface area contributed by atoms with E-state index in [-0.39, 0.29) is 5.60 Å². The Morgan fingerprint density at radius 2 is 1.92 bits per heavy atom. The molecule has 0 spiro atoms. The molecule has 1 aliphatic heterocycles. The molecule has 1 heterocycles. The van der Waals surface area contributed by atoms with Gasteiger partial charge in [-0.05, 0) is 75.1 Å². The van der Waals surface area contributed by atoms with Gasteiger partial charge in [0.1, 0.15) is 0 Å². The molecular formula is C22H37NO3. The lowest BCUT2D eigenvalue weighted by atomic mass is 9.73. The molecule has 0 aliphatic carbocycles. The number of benzene rings is 1. The van der Waals surface area contributed by atoms with Crippen LogP contribution in [0.5, 0.6) is 11.5 Å². The number of hydrogen-bond acceptors (Lipinski definition) is 4. The Morgan fingerprint density at radius 3 is 2.54 bits per heavy atom. The summed E-state index contributed by atoms with van der Waals surface area (Å²) in [5.41, 5.74) is 1.25. The smallest absolute Gasteiger partial charge is 0.161 e. The maximum atomic E-state index is 5.91. The van der Waals surface area contributed by atoms with Crippen molar-refractivity contribution in [1.29, 1.82) is 0 Å². The van der Waals surface area contributed by atoms with Crippen LogP contribution < -0.4 is 14.8 Å². The van der Waals surface area contributed by atoms with E-state index in [1.54, 1.807) is 14.2 Å². The summed E-state index contributed by atoms with van der Waals surface area (Å²) in [6.45, 7) is 12.0. The molecule has 0 aromatic heterocycles. The topological polar surface area (TPSA) is 39.7 Å². The lowest BCUT2D eigenvalue weighted by Crippen LogP contribution is -2.38. The molecule has 26 heavy (non-hydrogen) atoms. The average molecular weight is 364 g/mol. The zero-order valence-electron chi connectivity index (χ0n) is 17.4. The van der Waals surface area contributed by atoms with Crippen molar-refractivity contribution in [2.75, 3.05) is 27.4 Å². The Bertz CT molecular complexity index is 556. The average Bonchev–Trinajstić information content (AvgIpc) is 2.60. The van der Waals surface area contributed by atoms with Crippen LogP contribution in [0.4, 0.5) is 0 Å². The van der Waals surface area contributed by atoms with Crippen molar-refractivity contribution in [3.63, 3.8) is 0 Å². The molecule has 148 valence electrons. The zero-order valence-corrected chi connectivity index (χ0v) is 17.4. The van der Waals surface area contributed by atoms with Crippen molar-refractivity contribution in [3.05, 3.63) is 23.8 Å². The van der Waals surface area contributed by atoms with Gasteiger partial charge in [-0.25, -0.2) is 0 Å². The van der Waals surface area contributed by atoms with Gasteiger partial charge >= 0.3 is 0 Å². The highest BCUT2D eigenvalue weighted by atomic mass is 16.5. The molecule has 1 aromatic rings. The number of rotatable bonds is 9. The molecule has 0 saturated carbocycles. The summed E-state index contributed by atoms with van der Waals surface area (Å²) in [4.78, 5) is 0. The van der Waals surface area contributed by atoms with Crippen molar-refractivity contribution in [3.8, 4) is 11.5 Å². The summed E-state index contributed by atoms with van der Waals surface area (Å²) in [5.74, 6) is 3.78. The van der Waals surface area contributed by atoms with E-state index in [1.807, 2.05) is 12.1 Å². The number of ether oxygens (including phenoxy) is 3. The third kappa shape index (κ3) is 5.88. The second-order valence-electron chi connectivity index (χ2n) is 8.42. The fraction of sp³-hybridized carbons (Fsp3) is 0.727. The SMILES string of the molecule is COc1ccc(CNCC[C@H](C(C)C)[C@@H]2CCOC(C)(C)C2)cc1OC. The van der Waals surface area contributed by atoms with Crippen molar-refractivity contribution >= 4 is 0 Å². The predicted octanol–water partition coefficient (Wildman–Crippen LogP) is 4.66. The Labute approximate surface area is 159 Å². The minimum Gasteiger partial charge on any atom is -0.493 e. The molecule has 0 radical (unpaired) electrons. The minimum absolute atomic E-state index is 0.0309. The van der Waals surface area contributed by atoms with Crippen LogP contribution in [-0.4, -0.2) is 33.0 Å². The number of methoxy groups -OCH3 is 2. The molecule has 4 nitrogen and oxygen atoms in total. The van der Waals surface area contributed by atoms with Crippen LogP contribution in [0, 0.1) is 17.8 Å². The maximum absolute atomic E-state index is 5.91. The summed E-state index contributed by atoms with van der Waals surface area (Å²) in [6, 6.07) is 6.11. The fourth-order valence-electron chi connectivity index (χ4n) is 4.25. The molecule has 1 aliphatic rings. The Kier molecular flexibility index (Phi) is 7.78. The highest BCUT2D eigenvalue weighted by molar-refractivity contribution is 5.42. The van der Waals surface area contributed by atoms with E-state index in [1.165, 1.54) is 24.8 Å². The minimum atomic E-state index is 0.0309. The second kappa shape index (κ2) is 9.61. The van der Waals surface area contributed by atoms with E-state index in [0.717, 1.165) is 43.0 Å². The molecule has 2 rings (SSSR count). The van der Waals surface area contributed by atoms with Gasteiger partial charge in [-0.15, -0.1) is 0 Å². The summed E-state index contributed by atoms with van der Waals surface area (Å²) in [7, 11) is 3.34. The van der Waals surface area contributed by atoms with Gasteiger partial charge in [0.15, 0.2) is 11.5 Å². The van der Waals surface area contributed by atoms with E-state index in [2.05, 4.69) is 39.1 Å². The molecule has 2 atom stereocenters. The van der Waals surface area contributed by atoms with E-state index in [4.69, 9.17) is 14.2 Å². The molecule has 1 N–H and O–H groups in total. The molecular weight excluding hydrogens is 326 g/mol. The van der Waals surface area contributed by atoms with Crippen LogP contribution in [0.3, 0.4) is 0 Å². The van der Waals surface area contributed by atoms with Gasteiger partial charge < -0.3 is 19.5 Å². The summed E-state index contributed by atoms with van der Waals surface area (Å²) in [5, 5.41) is 3.61. The number of nitrogens with one attached hydrogen (secondary N) is 1. The van der Waals surface area contributed by atoms with Crippen LogP contribution in [-0.2, 0) is 11.3 Å². The first-order valence-corrected chi connectivity index (χ1v) is 9.92. The Balaban J connectivity index is 1.85. The molecule has 0 bridgehead atoms. The van der Waals surface area contributed by atoms with E-state index >= 15 is 0 Å². The second-order valence-corrected chi connectivity index (χ2v) is 8.42. The summed E-state index contributed by atoms with van der Waals surface area (Å²) < 4.78 is 16.6. The number of hydrogen-bond donors (Lipinski definition) is 1. The first kappa shape index (κ1) is 21.0. The molecule has 0 unspecified atom stereocenters. The molecule has 1 aromatic carbocycles. The zero-order chi connectivity index (χ0) is 19.2. The van der Waals surface area contributed by atoms with Crippen LogP contribution >= 0.6 is 0 Å². The van der Waals surface area contributed by atoms with Crippen LogP contribution in [0.1, 0.15) is 52.5 Å². The van der Waals surface area contributed by atoms with Gasteiger partial charge in [0.25, 0.3) is 0 Å². The van der Waals surface area contributed by atoms with Gasteiger partial charge in [0.05, 0.1) is 19.8 Å².